The molecule has 0 aliphatic heterocycles. The van der Waals surface area contributed by atoms with Crippen molar-refractivity contribution in [3.05, 3.63) is 83.6 Å². The summed E-state index contributed by atoms with van der Waals surface area (Å²) in [5, 5.41) is 0.533. The normalized spacial score (nSPS) is 11.3. The zero-order chi connectivity index (χ0) is 20.4. The molecule has 2 aromatic carbocycles. The molecule has 0 N–H and O–H groups in total. The Morgan fingerprint density at radius 3 is 2.66 bits per heavy atom. The molecule has 0 fully saturated rings. The molecule has 0 unspecified atom stereocenters. The lowest BCUT2D eigenvalue weighted by Gasteiger charge is -2.19. The van der Waals surface area contributed by atoms with Crippen LogP contribution in [0.3, 0.4) is 0 Å². The minimum absolute atomic E-state index is 0.0850. The molecule has 1 amide bonds. The number of nitrogens with zero attached hydrogens (tertiary/aromatic N) is 2. The third-order valence-corrected chi connectivity index (χ3v) is 5.81. The van der Waals surface area contributed by atoms with Gasteiger partial charge >= 0.3 is 0 Å². The van der Waals surface area contributed by atoms with E-state index in [-0.39, 0.29) is 24.7 Å². The molecule has 29 heavy (non-hydrogen) atoms. The predicted molar refractivity (Wildman–Crippen MR) is 114 cm³/mol. The van der Waals surface area contributed by atoms with Gasteiger partial charge in [0.05, 0.1) is 29.4 Å². The minimum Gasteiger partial charge on any atom is -0.467 e. The Kier molecular flexibility index (Phi) is 5.45. The number of fused-ring (bicyclic) bond motifs is 1. The summed E-state index contributed by atoms with van der Waals surface area (Å²) in [5.74, 6) is 0.706. The predicted octanol–water partition coefficient (Wildman–Crippen LogP) is 5.93. The Bertz CT molecular complexity index is 1120. The number of benzene rings is 2. The number of carbonyl (C=O) groups excluding carboxylic acids is 1. The number of amides is 1. The van der Waals surface area contributed by atoms with E-state index in [2.05, 4.69) is 31.0 Å². The summed E-state index contributed by atoms with van der Waals surface area (Å²) in [5.41, 5.74) is 2.85. The lowest BCUT2D eigenvalue weighted by Crippen LogP contribution is -2.31. The number of furan rings is 1. The molecule has 0 radical (unpaired) electrons. The Morgan fingerprint density at radius 1 is 1.17 bits per heavy atom. The molecular weight excluding hydrogens is 387 g/mol. The molecule has 2 aromatic heterocycles. The maximum absolute atomic E-state index is 13.6. The van der Waals surface area contributed by atoms with Gasteiger partial charge < -0.3 is 4.42 Å². The highest BCUT2D eigenvalue weighted by molar-refractivity contribution is 7.22. The standard InChI is InChI=1S/C23H21FN2O2S/c1-15(2)17-7-5-16(6-8-17)12-22(27)26(14-19-4-3-11-28-19)23-25-20-10-9-18(24)13-21(20)29-23/h3-11,13,15H,12,14H2,1-2H3. The first-order valence-corrected chi connectivity index (χ1v) is 10.3. The molecule has 4 aromatic rings. The molecule has 148 valence electrons. The molecule has 0 saturated heterocycles. The lowest BCUT2D eigenvalue weighted by molar-refractivity contribution is -0.118. The van der Waals surface area contributed by atoms with Crippen LogP contribution in [0.25, 0.3) is 10.2 Å². The van der Waals surface area contributed by atoms with Crippen LogP contribution < -0.4 is 4.90 Å². The molecule has 0 saturated carbocycles. The van der Waals surface area contributed by atoms with Crippen molar-refractivity contribution >= 4 is 32.6 Å². The quantitative estimate of drug-likeness (QED) is 0.397. The van der Waals surface area contributed by atoms with E-state index in [4.69, 9.17) is 4.42 Å². The molecule has 4 rings (SSSR count). The topological polar surface area (TPSA) is 46.3 Å². The highest BCUT2D eigenvalue weighted by Crippen LogP contribution is 2.31. The van der Waals surface area contributed by atoms with E-state index in [1.165, 1.54) is 29.0 Å². The number of anilines is 1. The fourth-order valence-corrected chi connectivity index (χ4v) is 4.12. The number of hydrogen-bond acceptors (Lipinski definition) is 4. The number of carbonyl (C=O) groups is 1. The van der Waals surface area contributed by atoms with E-state index in [1.54, 1.807) is 23.3 Å². The van der Waals surface area contributed by atoms with E-state index in [1.807, 2.05) is 18.2 Å². The van der Waals surface area contributed by atoms with E-state index in [0.717, 1.165) is 5.56 Å². The average Bonchev–Trinajstić information content (AvgIpc) is 3.35. The van der Waals surface area contributed by atoms with Crippen molar-refractivity contribution in [3.63, 3.8) is 0 Å². The molecular formula is C23H21FN2O2S. The van der Waals surface area contributed by atoms with E-state index >= 15 is 0 Å². The first kappa shape index (κ1) is 19.3. The first-order valence-electron chi connectivity index (χ1n) is 9.47. The van der Waals surface area contributed by atoms with Crippen LogP contribution in [0.5, 0.6) is 0 Å². The van der Waals surface area contributed by atoms with Gasteiger partial charge in [-0.05, 0) is 47.4 Å². The van der Waals surface area contributed by atoms with Gasteiger partial charge in [-0.15, -0.1) is 0 Å². The summed E-state index contributed by atoms with van der Waals surface area (Å²) in [4.78, 5) is 19.3. The summed E-state index contributed by atoms with van der Waals surface area (Å²) in [6.45, 7) is 4.56. The van der Waals surface area contributed by atoms with E-state index < -0.39 is 0 Å². The third-order valence-electron chi connectivity index (χ3n) is 4.77. The van der Waals surface area contributed by atoms with Crippen LogP contribution in [0.15, 0.2) is 65.3 Å². The van der Waals surface area contributed by atoms with Crippen LogP contribution in [0.4, 0.5) is 9.52 Å². The Hall–Kier alpha value is -2.99. The van der Waals surface area contributed by atoms with Gasteiger partial charge in [-0.1, -0.05) is 49.4 Å². The van der Waals surface area contributed by atoms with Crippen molar-refractivity contribution < 1.29 is 13.6 Å². The Labute approximate surface area is 172 Å². The van der Waals surface area contributed by atoms with E-state index in [0.29, 0.717) is 27.0 Å². The first-order chi connectivity index (χ1) is 14.0. The van der Waals surface area contributed by atoms with Crippen molar-refractivity contribution in [3.8, 4) is 0 Å². The second-order valence-electron chi connectivity index (χ2n) is 7.24. The SMILES string of the molecule is CC(C)c1ccc(CC(=O)N(Cc2ccco2)c2nc3ccc(F)cc3s2)cc1. The second-order valence-corrected chi connectivity index (χ2v) is 8.25. The van der Waals surface area contributed by atoms with E-state index in [9.17, 15) is 9.18 Å². The minimum atomic E-state index is -0.318. The summed E-state index contributed by atoms with van der Waals surface area (Å²) < 4.78 is 19.7. The molecule has 0 bridgehead atoms. The van der Waals surface area contributed by atoms with Crippen LogP contribution in [0.2, 0.25) is 0 Å². The molecule has 0 aliphatic carbocycles. The zero-order valence-electron chi connectivity index (χ0n) is 16.3. The smallest absolute Gasteiger partial charge is 0.233 e. The van der Waals surface area contributed by atoms with Gasteiger partial charge in [-0.2, -0.15) is 0 Å². The second kappa shape index (κ2) is 8.17. The number of halogens is 1. The summed E-state index contributed by atoms with van der Waals surface area (Å²) in [7, 11) is 0. The van der Waals surface area contributed by atoms with Gasteiger partial charge in [-0.3, -0.25) is 9.69 Å². The Balaban J connectivity index is 1.62. The fourth-order valence-electron chi connectivity index (χ4n) is 3.11. The molecule has 0 atom stereocenters. The zero-order valence-corrected chi connectivity index (χ0v) is 17.1. The van der Waals surface area contributed by atoms with Gasteiger partial charge in [0.15, 0.2) is 5.13 Å². The maximum atomic E-state index is 13.6. The van der Waals surface area contributed by atoms with Crippen molar-refractivity contribution in [2.75, 3.05) is 4.90 Å². The molecule has 0 spiro atoms. The Morgan fingerprint density at radius 2 is 1.97 bits per heavy atom. The average molecular weight is 408 g/mol. The lowest BCUT2D eigenvalue weighted by atomic mass is 10.0. The van der Waals surface area contributed by atoms with Gasteiger partial charge in [-0.25, -0.2) is 9.37 Å². The van der Waals surface area contributed by atoms with Crippen molar-refractivity contribution in [1.29, 1.82) is 0 Å². The highest BCUT2D eigenvalue weighted by atomic mass is 32.1. The number of thiazole rings is 1. The summed E-state index contributed by atoms with van der Waals surface area (Å²) in [6.07, 6.45) is 1.83. The summed E-state index contributed by atoms with van der Waals surface area (Å²) >= 11 is 1.30. The van der Waals surface area contributed by atoms with Crippen LogP contribution in [0, 0.1) is 5.82 Å². The largest absolute Gasteiger partial charge is 0.467 e. The monoisotopic (exact) mass is 408 g/mol. The summed E-state index contributed by atoms with van der Waals surface area (Å²) in [6, 6.07) is 16.2. The van der Waals surface area contributed by atoms with Crippen molar-refractivity contribution in [2.24, 2.45) is 0 Å². The van der Waals surface area contributed by atoms with Crippen LogP contribution in [-0.2, 0) is 17.8 Å². The van der Waals surface area contributed by atoms with Crippen LogP contribution in [0.1, 0.15) is 36.7 Å². The molecule has 4 nitrogen and oxygen atoms in total. The van der Waals surface area contributed by atoms with Gasteiger partial charge in [0.25, 0.3) is 0 Å². The molecule has 6 heteroatoms. The third kappa shape index (κ3) is 4.38. The van der Waals surface area contributed by atoms with Gasteiger partial charge in [0.2, 0.25) is 5.91 Å². The number of rotatable bonds is 6. The number of aromatic nitrogens is 1. The van der Waals surface area contributed by atoms with Gasteiger partial charge in [0, 0.05) is 0 Å². The maximum Gasteiger partial charge on any atom is 0.233 e. The number of hydrogen-bond donors (Lipinski definition) is 0. The van der Waals surface area contributed by atoms with Crippen LogP contribution >= 0.6 is 11.3 Å². The van der Waals surface area contributed by atoms with Crippen molar-refractivity contribution in [2.45, 2.75) is 32.7 Å². The molecule has 2 heterocycles. The van der Waals surface area contributed by atoms with Gasteiger partial charge in [0.1, 0.15) is 11.6 Å². The fraction of sp³-hybridized carbons (Fsp3) is 0.217. The van der Waals surface area contributed by atoms with Crippen LogP contribution in [-0.4, -0.2) is 10.9 Å². The highest BCUT2D eigenvalue weighted by Gasteiger charge is 2.22. The molecule has 0 aliphatic rings. The van der Waals surface area contributed by atoms with Crippen molar-refractivity contribution in [1.82, 2.24) is 4.98 Å².